The van der Waals surface area contributed by atoms with Crippen molar-refractivity contribution in [1.29, 1.82) is 0 Å². The molecule has 0 aromatic heterocycles. The minimum Gasteiger partial charge on any atom is -0.380 e. The fourth-order valence-electron chi connectivity index (χ4n) is 5.14. The van der Waals surface area contributed by atoms with E-state index in [-0.39, 0.29) is 0 Å². The van der Waals surface area contributed by atoms with E-state index >= 15 is 0 Å². The Morgan fingerprint density at radius 1 is 0.697 bits per heavy atom. The Bertz CT molecular complexity index is 933. The molecule has 180 valence electrons. The van der Waals surface area contributed by atoms with Gasteiger partial charge in [0.1, 0.15) is 5.60 Å². The van der Waals surface area contributed by atoms with E-state index in [1.807, 2.05) is 0 Å². The van der Waals surface area contributed by atoms with Gasteiger partial charge in [0, 0.05) is 8.95 Å². The summed E-state index contributed by atoms with van der Waals surface area (Å²) in [5, 5.41) is 12.4. The van der Waals surface area contributed by atoms with Crippen molar-refractivity contribution in [2.75, 3.05) is 0 Å². The van der Waals surface area contributed by atoms with Crippen LogP contribution in [0.4, 0.5) is 0 Å². The van der Waals surface area contributed by atoms with Crippen LogP contribution in [0.2, 0.25) is 0 Å². The van der Waals surface area contributed by atoms with Gasteiger partial charge in [-0.25, -0.2) is 0 Å². The van der Waals surface area contributed by atoms with E-state index < -0.39 is 5.60 Å². The van der Waals surface area contributed by atoms with Gasteiger partial charge < -0.3 is 5.11 Å². The van der Waals surface area contributed by atoms with Gasteiger partial charge in [-0.1, -0.05) is 122 Å². The molecule has 2 aromatic rings. The average molecular weight is 576 g/mol. The number of unbranched alkanes of at least 4 members (excludes halogenated alkanes) is 10. The topological polar surface area (TPSA) is 20.2 Å². The van der Waals surface area contributed by atoms with Crippen LogP contribution in [0.3, 0.4) is 0 Å². The van der Waals surface area contributed by atoms with E-state index in [2.05, 4.69) is 88.2 Å². The van der Waals surface area contributed by atoms with Crippen LogP contribution >= 0.6 is 31.9 Å². The maximum absolute atomic E-state index is 12.4. The SMILES string of the molecule is CCCCCCC/C=C1\c2cc(Br)ccc2-c2ccc(Br)cc2C1(O)CCCCCCCC. The van der Waals surface area contributed by atoms with Gasteiger partial charge in [-0.2, -0.15) is 0 Å². The Kier molecular flexibility index (Phi) is 10.7. The Hall–Kier alpha value is -0.900. The number of hydrogen-bond acceptors (Lipinski definition) is 1. The molecule has 0 spiro atoms. The van der Waals surface area contributed by atoms with Gasteiger partial charge in [0.05, 0.1) is 0 Å². The highest BCUT2D eigenvalue weighted by Crippen LogP contribution is 2.52. The summed E-state index contributed by atoms with van der Waals surface area (Å²) >= 11 is 7.36. The van der Waals surface area contributed by atoms with E-state index in [9.17, 15) is 5.11 Å². The molecule has 0 fully saturated rings. The molecular formula is C30H40Br2O. The highest BCUT2D eigenvalue weighted by Gasteiger charge is 2.40. The third-order valence-electron chi connectivity index (χ3n) is 6.98. The number of halogens is 2. The summed E-state index contributed by atoms with van der Waals surface area (Å²) < 4.78 is 2.10. The van der Waals surface area contributed by atoms with Gasteiger partial charge in [0.2, 0.25) is 0 Å². The second kappa shape index (κ2) is 13.3. The molecule has 0 bridgehead atoms. The van der Waals surface area contributed by atoms with Gasteiger partial charge in [0.15, 0.2) is 0 Å². The summed E-state index contributed by atoms with van der Waals surface area (Å²) in [4.78, 5) is 0. The van der Waals surface area contributed by atoms with Crippen molar-refractivity contribution in [3.05, 3.63) is 62.5 Å². The second-order valence-electron chi connectivity index (χ2n) is 9.58. The molecule has 0 amide bonds. The Labute approximate surface area is 218 Å². The molecule has 0 saturated heterocycles. The molecule has 0 heterocycles. The first-order valence-corrected chi connectivity index (χ1v) is 14.6. The molecule has 3 heteroatoms. The lowest BCUT2D eigenvalue weighted by atomic mass is 9.69. The van der Waals surface area contributed by atoms with Crippen molar-refractivity contribution in [2.45, 2.75) is 103 Å². The summed E-state index contributed by atoms with van der Waals surface area (Å²) in [5.74, 6) is 0. The van der Waals surface area contributed by atoms with Gasteiger partial charge >= 0.3 is 0 Å². The van der Waals surface area contributed by atoms with Crippen LogP contribution in [-0.4, -0.2) is 5.11 Å². The quantitative estimate of drug-likeness (QED) is 0.235. The molecule has 0 aliphatic heterocycles. The standard InChI is InChI=1S/C30H40Br2O/c1-3-5-7-9-11-13-15-28-27-21-23(31)16-18-25(27)26-19-17-24(32)22-29(26)30(28,33)20-14-12-10-8-6-4-2/h15-19,21-22,33H,3-14,20H2,1-2H3/b28-15+. The normalized spacial score (nSPS) is 18.4. The maximum Gasteiger partial charge on any atom is 0.116 e. The number of aliphatic hydroxyl groups is 1. The number of allylic oxidation sites excluding steroid dienone is 1. The first-order chi connectivity index (χ1) is 16.0. The highest BCUT2D eigenvalue weighted by molar-refractivity contribution is 9.10. The van der Waals surface area contributed by atoms with Crippen molar-refractivity contribution >= 4 is 37.4 Å². The van der Waals surface area contributed by atoms with Gasteiger partial charge in [-0.05, 0) is 77.8 Å². The third-order valence-corrected chi connectivity index (χ3v) is 7.97. The fraction of sp³-hybridized carbons (Fsp3) is 0.533. The summed E-state index contributed by atoms with van der Waals surface area (Å²) in [5.41, 5.74) is 4.79. The molecule has 0 saturated carbocycles. The molecule has 1 aliphatic carbocycles. The maximum atomic E-state index is 12.4. The minimum atomic E-state index is -0.943. The zero-order chi connectivity index (χ0) is 23.7. The van der Waals surface area contributed by atoms with Gasteiger partial charge in [-0.3, -0.25) is 0 Å². The van der Waals surface area contributed by atoms with E-state index in [1.54, 1.807) is 0 Å². The lowest BCUT2D eigenvalue weighted by molar-refractivity contribution is 0.0865. The largest absolute Gasteiger partial charge is 0.380 e. The van der Waals surface area contributed by atoms with Crippen LogP contribution in [0.15, 0.2) is 51.4 Å². The summed E-state index contributed by atoms with van der Waals surface area (Å²) in [6.45, 7) is 4.52. The van der Waals surface area contributed by atoms with E-state index in [0.29, 0.717) is 0 Å². The first-order valence-electron chi connectivity index (χ1n) is 13.0. The van der Waals surface area contributed by atoms with Crippen LogP contribution in [0.25, 0.3) is 16.7 Å². The van der Waals surface area contributed by atoms with Gasteiger partial charge in [0.25, 0.3) is 0 Å². The molecule has 1 unspecified atom stereocenters. The molecule has 33 heavy (non-hydrogen) atoms. The molecule has 1 nitrogen and oxygen atoms in total. The van der Waals surface area contributed by atoms with Crippen LogP contribution in [0, 0.1) is 0 Å². The molecule has 1 aliphatic rings. The molecule has 3 rings (SSSR count). The van der Waals surface area contributed by atoms with Crippen LogP contribution in [-0.2, 0) is 5.60 Å². The zero-order valence-electron chi connectivity index (χ0n) is 20.4. The Balaban J connectivity index is 1.94. The second-order valence-corrected chi connectivity index (χ2v) is 11.4. The monoisotopic (exact) mass is 574 g/mol. The van der Waals surface area contributed by atoms with Crippen molar-refractivity contribution in [1.82, 2.24) is 0 Å². The number of fused-ring (bicyclic) bond motifs is 3. The van der Waals surface area contributed by atoms with E-state index in [0.717, 1.165) is 44.9 Å². The fourth-order valence-corrected chi connectivity index (χ4v) is 5.86. The zero-order valence-corrected chi connectivity index (χ0v) is 23.6. The molecular weight excluding hydrogens is 536 g/mol. The lowest BCUT2D eigenvalue weighted by Gasteiger charge is -2.39. The molecule has 1 N–H and O–H groups in total. The summed E-state index contributed by atoms with van der Waals surface area (Å²) in [7, 11) is 0. The smallest absolute Gasteiger partial charge is 0.116 e. The van der Waals surface area contributed by atoms with Crippen LogP contribution < -0.4 is 0 Å². The molecule has 1 atom stereocenters. The summed E-state index contributed by atoms with van der Waals surface area (Å²) in [6, 6.07) is 12.9. The molecule has 0 radical (unpaired) electrons. The minimum absolute atomic E-state index is 0.774. The van der Waals surface area contributed by atoms with E-state index in [4.69, 9.17) is 0 Å². The molecule has 2 aromatic carbocycles. The van der Waals surface area contributed by atoms with Crippen molar-refractivity contribution in [2.24, 2.45) is 0 Å². The van der Waals surface area contributed by atoms with Crippen molar-refractivity contribution in [3.8, 4) is 11.1 Å². The first kappa shape index (κ1) is 26.7. The highest BCUT2D eigenvalue weighted by atomic mass is 79.9. The van der Waals surface area contributed by atoms with E-state index in [1.165, 1.54) is 75.3 Å². The number of hydrogen-bond donors (Lipinski definition) is 1. The third kappa shape index (κ3) is 6.83. The Morgan fingerprint density at radius 2 is 1.27 bits per heavy atom. The number of benzene rings is 2. The van der Waals surface area contributed by atoms with Crippen molar-refractivity contribution in [3.63, 3.8) is 0 Å². The predicted molar refractivity (Wildman–Crippen MR) is 151 cm³/mol. The van der Waals surface area contributed by atoms with Crippen molar-refractivity contribution < 1.29 is 5.11 Å². The van der Waals surface area contributed by atoms with Crippen LogP contribution in [0.1, 0.15) is 108 Å². The Morgan fingerprint density at radius 3 is 1.97 bits per heavy atom. The number of rotatable bonds is 13. The van der Waals surface area contributed by atoms with Gasteiger partial charge in [-0.15, -0.1) is 0 Å². The predicted octanol–water partition coefficient (Wildman–Crippen LogP) is 10.6. The summed E-state index contributed by atoms with van der Waals surface area (Å²) in [6.07, 6.45) is 17.8. The average Bonchev–Trinajstić information content (AvgIpc) is 2.80. The van der Waals surface area contributed by atoms with Crippen LogP contribution in [0.5, 0.6) is 0 Å². The lowest BCUT2D eigenvalue weighted by Crippen LogP contribution is -2.31.